The summed E-state index contributed by atoms with van der Waals surface area (Å²) in [5.74, 6) is 0.00486. The zero-order valence-electron chi connectivity index (χ0n) is 15.3. The van der Waals surface area contributed by atoms with Crippen molar-refractivity contribution in [3.05, 3.63) is 34.9 Å². The van der Waals surface area contributed by atoms with E-state index in [2.05, 4.69) is 5.32 Å². The van der Waals surface area contributed by atoms with Gasteiger partial charge >= 0.3 is 0 Å². The van der Waals surface area contributed by atoms with Crippen molar-refractivity contribution in [1.82, 2.24) is 15.1 Å². The smallest absolute Gasteiger partial charge is 0.233 e. The number of likely N-dealkylation sites (N-methyl/N-ethyl adjacent to an activating group) is 1. The molecule has 0 bridgehead atoms. The Labute approximate surface area is 149 Å². The van der Waals surface area contributed by atoms with Gasteiger partial charge in [-0.05, 0) is 31.0 Å². The average Bonchev–Trinajstić information content (AvgIpc) is 2.62. The quantitative estimate of drug-likeness (QED) is 0.786. The summed E-state index contributed by atoms with van der Waals surface area (Å²) in [5, 5.41) is 2.60. The third kappa shape index (κ3) is 5.39. The fourth-order valence-electron chi connectivity index (χ4n) is 2.88. The van der Waals surface area contributed by atoms with Crippen molar-refractivity contribution in [3.63, 3.8) is 0 Å². The summed E-state index contributed by atoms with van der Waals surface area (Å²) in [6.07, 6.45) is 0.473. The number of carbonyl (C=O) groups excluding carboxylic acids is 3. The molecule has 0 aromatic heterocycles. The van der Waals surface area contributed by atoms with Gasteiger partial charge < -0.3 is 10.2 Å². The molecular formula is C19H27N3O3. The minimum absolute atomic E-state index is 0.00898. The van der Waals surface area contributed by atoms with Crippen LogP contribution in [0.3, 0.4) is 0 Å². The molecule has 1 saturated heterocycles. The number of carbonyl (C=O) groups is 3. The predicted molar refractivity (Wildman–Crippen MR) is 96.6 cm³/mol. The van der Waals surface area contributed by atoms with Gasteiger partial charge in [-0.2, -0.15) is 0 Å². The number of nitrogens with one attached hydrogen (secondary N) is 1. The Bertz CT molecular complexity index is 649. The Kier molecular flexibility index (Phi) is 6.70. The summed E-state index contributed by atoms with van der Waals surface area (Å²) in [6.45, 7) is 6.94. The molecule has 1 heterocycles. The molecule has 0 spiro atoms. The molecule has 6 heteroatoms. The van der Waals surface area contributed by atoms with E-state index in [1.807, 2.05) is 36.9 Å². The summed E-state index contributed by atoms with van der Waals surface area (Å²) >= 11 is 0. The molecule has 136 valence electrons. The summed E-state index contributed by atoms with van der Waals surface area (Å²) < 4.78 is 0. The number of hydrogen-bond acceptors (Lipinski definition) is 4. The maximum Gasteiger partial charge on any atom is 0.233 e. The molecule has 1 aromatic rings. The van der Waals surface area contributed by atoms with Crippen LogP contribution in [-0.4, -0.2) is 67.2 Å². The number of amides is 2. The minimum Gasteiger partial charge on any atom is -0.358 e. The van der Waals surface area contributed by atoms with Gasteiger partial charge in [0.1, 0.15) is 0 Å². The molecule has 25 heavy (non-hydrogen) atoms. The lowest BCUT2D eigenvalue weighted by Gasteiger charge is -2.34. The standard InChI is InChI=1S/C19H27N3O3/c1-14-4-5-16(12-15(14)2)17(23)6-7-19(25)22-10-8-21(9-11-22)13-18(24)20-3/h4-5,12H,6-11,13H2,1-3H3,(H,20,24). The Balaban J connectivity index is 1.78. The van der Waals surface area contributed by atoms with Gasteiger partial charge in [0.2, 0.25) is 11.8 Å². The normalized spacial score (nSPS) is 15.1. The number of rotatable bonds is 6. The van der Waals surface area contributed by atoms with Crippen LogP contribution in [0.5, 0.6) is 0 Å². The molecule has 0 atom stereocenters. The Morgan fingerprint density at radius 3 is 2.28 bits per heavy atom. The Morgan fingerprint density at radius 1 is 1.00 bits per heavy atom. The van der Waals surface area contributed by atoms with Crippen LogP contribution >= 0.6 is 0 Å². The molecule has 1 aliphatic heterocycles. The second-order valence-corrected chi connectivity index (χ2v) is 6.55. The molecule has 1 aliphatic rings. The SMILES string of the molecule is CNC(=O)CN1CCN(C(=O)CCC(=O)c2ccc(C)c(C)c2)CC1. The van der Waals surface area contributed by atoms with E-state index in [4.69, 9.17) is 0 Å². The largest absolute Gasteiger partial charge is 0.358 e. The molecule has 2 amide bonds. The number of Topliss-reactive ketones (excluding diaryl/α,β-unsaturated/α-hetero) is 1. The van der Waals surface area contributed by atoms with Gasteiger partial charge in [0.25, 0.3) is 0 Å². The molecule has 0 radical (unpaired) electrons. The third-order valence-electron chi connectivity index (χ3n) is 4.77. The van der Waals surface area contributed by atoms with Gasteiger partial charge in [-0.3, -0.25) is 19.3 Å². The molecule has 6 nitrogen and oxygen atoms in total. The number of hydrogen-bond donors (Lipinski definition) is 1. The number of benzene rings is 1. The molecule has 1 aromatic carbocycles. The fourth-order valence-corrected chi connectivity index (χ4v) is 2.88. The fraction of sp³-hybridized carbons (Fsp3) is 0.526. The van der Waals surface area contributed by atoms with Crippen molar-refractivity contribution in [2.45, 2.75) is 26.7 Å². The Morgan fingerprint density at radius 2 is 1.68 bits per heavy atom. The molecule has 1 fully saturated rings. The molecular weight excluding hydrogens is 318 g/mol. The van der Waals surface area contributed by atoms with Crippen LogP contribution in [0.15, 0.2) is 18.2 Å². The van der Waals surface area contributed by atoms with E-state index < -0.39 is 0 Å². The highest BCUT2D eigenvalue weighted by Gasteiger charge is 2.22. The van der Waals surface area contributed by atoms with E-state index in [9.17, 15) is 14.4 Å². The summed E-state index contributed by atoms with van der Waals surface area (Å²) in [5.41, 5.74) is 2.91. The topological polar surface area (TPSA) is 69.7 Å². The molecule has 0 aliphatic carbocycles. The number of aryl methyl sites for hydroxylation is 2. The van der Waals surface area contributed by atoms with E-state index in [1.54, 1.807) is 11.9 Å². The van der Waals surface area contributed by atoms with E-state index in [1.165, 1.54) is 0 Å². The van der Waals surface area contributed by atoms with Crippen LogP contribution in [-0.2, 0) is 9.59 Å². The lowest BCUT2D eigenvalue weighted by molar-refractivity contribution is -0.133. The maximum absolute atomic E-state index is 12.3. The average molecular weight is 345 g/mol. The lowest BCUT2D eigenvalue weighted by Crippen LogP contribution is -2.50. The van der Waals surface area contributed by atoms with Gasteiger partial charge in [0.05, 0.1) is 6.54 Å². The van der Waals surface area contributed by atoms with E-state index >= 15 is 0 Å². The van der Waals surface area contributed by atoms with Gasteiger partial charge in [-0.1, -0.05) is 12.1 Å². The van der Waals surface area contributed by atoms with Crippen LogP contribution in [0.2, 0.25) is 0 Å². The van der Waals surface area contributed by atoms with Crippen molar-refractivity contribution in [2.24, 2.45) is 0 Å². The first kappa shape index (κ1) is 19.1. The van der Waals surface area contributed by atoms with Crippen molar-refractivity contribution in [1.29, 1.82) is 0 Å². The molecule has 2 rings (SSSR count). The van der Waals surface area contributed by atoms with Gasteiger partial charge in [0, 0.05) is 51.6 Å². The zero-order valence-corrected chi connectivity index (χ0v) is 15.3. The second-order valence-electron chi connectivity index (χ2n) is 6.55. The lowest BCUT2D eigenvalue weighted by atomic mass is 10.0. The van der Waals surface area contributed by atoms with Gasteiger partial charge in [-0.25, -0.2) is 0 Å². The highest BCUT2D eigenvalue weighted by molar-refractivity contribution is 5.98. The van der Waals surface area contributed by atoms with Crippen molar-refractivity contribution in [2.75, 3.05) is 39.8 Å². The molecule has 0 unspecified atom stereocenters. The third-order valence-corrected chi connectivity index (χ3v) is 4.77. The van der Waals surface area contributed by atoms with Gasteiger partial charge in [0.15, 0.2) is 5.78 Å². The van der Waals surface area contributed by atoms with Crippen LogP contribution in [0.4, 0.5) is 0 Å². The number of nitrogens with zero attached hydrogens (tertiary/aromatic N) is 2. The monoisotopic (exact) mass is 345 g/mol. The van der Waals surface area contributed by atoms with Crippen molar-refractivity contribution < 1.29 is 14.4 Å². The first-order chi connectivity index (χ1) is 11.9. The second kappa shape index (κ2) is 8.76. The van der Waals surface area contributed by atoms with Crippen molar-refractivity contribution in [3.8, 4) is 0 Å². The van der Waals surface area contributed by atoms with Crippen LogP contribution < -0.4 is 5.32 Å². The van der Waals surface area contributed by atoms with E-state index in [-0.39, 0.29) is 30.4 Å². The maximum atomic E-state index is 12.3. The predicted octanol–water partition coefficient (Wildman–Crippen LogP) is 1.16. The number of piperazine rings is 1. The highest BCUT2D eigenvalue weighted by atomic mass is 16.2. The van der Waals surface area contributed by atoms with Crippen LogP contribution in [0, 0.1) is 13.8 Å². The Hall–Kier alpha value is -2.21. The minimum atomic E-state index is -0.0150. The van der Waals surface area contributed by atoms with Crippen LogP contribution in [0.25, 0.3) is 0 Å². The zero-order chi connectivity index (χ0) is 18.4. The summed E-state index contributed by atoms with van der Waals surface area (Å²) in [7, 11) is 1.62. The highest BCUT2D eigenvalue weighted by Crippen LogP contribution is 2.13. The first-order valence-corrected chi connectivity index (χ1v) is 8.72. The van der Waals surface area contributed by atoms with Crippen molar-refractivity contribution >= 4 is 17.6 Å². The van der Waals surface area contributed by atoms with Gasteiger partial charge in [-0.15, -0.1) is 0 Å². The molecule has 1 N–H and O–H groups in total. The van der Waals surface area contributed by atoms with E-state index in [0.29, 0.717) is 38.3 Å². The van der Waals surface area contributed by atoms with Crippen LogP contribution in [0.1, 0.15) is 34.3 Å². The number of ketones is 1. The van der Waals surface area contributed by atoms with E-state index in [0.717, 1.165) is 11.1 Å². The summed E-state index contributed by atoms with van der Waals surface area (Å²) in [6, 6.07) is 5.66. The molecule has 0 saturated carbocycles. The first-order valence-electron chi connectivity index (χ1n) is 8.72. The summed E-state index contributed by atoms with van der Waals surface area (Å²) in [4.78, 5) is 39.8.